The smallest absolute Gasteiger partial charge is 0.262 e. The first-order valence-corrected chi connectivity index (χ1v) is 9.27. The molecule has 0 saturated carbocycles. The molecule has 0 bridgehead atoms. The van der Waals surface area contributed by atoms with Crippen LogP contribution >= 0.6 is 0 Å². The van der Waals surface area contributed by atoms with Crippen LogP contribution in [0.2, 0.25) is 0 Å². The number of sulfonamides is 1. The first kappa shape index (κ1) is 17.3. The summed E-state index contributed by atoms with van der Waals surface area (Å²) in [7, 11) is -3.67. The molecule has 0 unspecified atom stereocenters. The van der Waals surface area contributed by atoms with Gasteiger partial charge in [0.2, 0.25) is 5.69 Å². The second-order valence-corrected chi connectivity index (χ2v) is 7.85. The normalized spacial score (nSPS) is 18.4. The molecule has 25 heavy (non-hydrogen) atoms. The second-order valence-electron chi connectivity index (χ2n) is 5.97. The molecule has 1 aliphatic heterocycles. The molecule has 0 N–H and O–H groups in total. The highest BCUT2D eigenvalue weighted by molar-refractivity contribution is 7.89. The molecular weight excluding hydrogens is 344 g/mol. The van der Waals surface area contributed by atoms with Gasteiger partial charge in [0.25, 0.3) is 15.9 Å². The highest BCUT2D eigenvalue weighted by Crippen LogP contribution is 2.24. The van der Waals surface area contributed by atoms with Gasteiger partial charge in [0.15, 0.2) is 5.03 Å². The van der Waals surface area contributed by atoms with Gasteiger partial charge in [0, 0.05) is 31.2 Å². The summed E-state index contributed by atoms with van der Waals surface area (Å²) >= 11 is 0. The Hall–Kier alpha value is -2.51. The Kier molecular flexibility index (Phi) is 4.69. The van der Waals surface area contributed by atoms with Crippen LogP contribution in [-0.2, 0) is 10.0 Å². The van der Waals surface area contributed by atoms with E-state index in [1.54, 1.807) is 4.57 Å². The molecule has 1 atom stereocenters. The first-order valence-electron chi connectivity index (χ1n) is 7.83. The summed E-state index contributed by atoms with van der Waals surface area (Å²) in [5.74, 6) is 0.123. The highest BCUT2D eigenvalue weighted by Gasteiger charge is 2.35. The number of hydrogen-bond donors (Lipinski definition) is 0. The summed E-state index contributed by atoms with van der Waals surface area (Å²) < 4.78 is 34.2. The quantitative estimate of drug-likeness (QED) is 0.778. The molecule has 1 aliphatic rings. The van der Waals surface area contributed by atoms with E-state index in [1.165, 1.54) is 29.2 Å². The van der Waals surface area contributed by atoms with Crippen molar-refractivity contribution < 1.29 is 13.2 Å². The number of imidazole rings is 1. The third-order valence-corrected chi connectivity index (χ3v) is 5.69. The lowest BCUT2D eigenvalue weighted by molar-refractivity contribution is 0.205. The van der Waals surface area contributed by atoms with Gasteiger partial charge in [-0.25, -0.2) is 23.4 Å². The molecule has 2 aromatic heterocycles. The van der Waals surface area contributed by atoms with E-state index in [9.17, 15) is 8.42 Å². The maximum Gasteiger partial charge on any atom is 0.262 e. The molecule has 0 amide bonds. The van der Waals surface area contributed by atoms with Gasteiger partial charge < -0.3 is 9.30 Å². The highest BCUT2D eigenvalue weighted by atomic mass is 32.2. The largest absolute Gasteiger partial charge is 0.471 e. The van der Waals surface area contributed by atoms with Gasteiger partial charge in [0.1, 0.15) is 12.2 Å². The van der Waals surface area contributed by atoms with Crippen molar-refractivity contribution in [2.45, 2.75) is 37.4 Å². The first-order chi connectivity index (χ1) is 11.9. The monoisotopic (exact) mass is 362 g/mol. The number of nitrogens with zero attached hydrogens (tertiary/aromatic N) is 6. The lowest BCUT2D eigenvalue weighted by atomic mass is 10.3. The fraction of sp³-hybridized carbons (Fsp3) is 0.467. The summed E-state index contributed by atoms with van der Waals surface area (Å²) in [4.78, 5) is 11.9. The van der Waals surface area contributed by atoms with Crippen LogP contribution in [0.1, 0.15) is 32.0 Å². The third kappa shape index (κ3) is 3.47. The predicted octanol–water partition coefficient (Wildman–Crippen LogP) is 0.968. The van der Waals surface area contributed by atoms with Crippen molar-refractivity contribution >= 4 is 10.0 Å². The van der Waals surface area contributed by atoms with Crippen LogP contribution in [0.5, 0.6) is 5.88 Å². The van der Waals surface area contributed by atoms with E-state index in [0.29, 0.717) is 13.0 Å². The molecule has 0 radical (unpaired) electrons. The van der Waals surface area contributed by atoms with Crippen molar-refractivity contribution in [3.63, 3.8) is 0 Å². The molecular formula is C15H18N6O3S. The molecule has 0 aliphatic carbocycles. The summed E-state index contributed by atoms with van der Waals surface area (Å²) in [6.45, 7) is 4.40. The minimum atomic E-state index is -3.67. The van der Waals surface area contributed by atoms with Crippen molar-refractivity contribution in [2.75, 3.05) is 13.1 Å². The van der Waals surface area contributed by atoms with Crippen LogP contribution < -0.4 is 4.74 Å². The summed E-state index contributed by atoms with van der Waals surface area (Å²) in [6.07, 6.45) is 6.00. The van der Waals surface area contributed by atoms with Crippen LogP contribution in [0.3, 0.4) is 0 Å². The zero-order valence-electron chi connectivity index (χ0n) is 13.9. The summed E-state index contributed by atoms with van der Waals surface area (Å²) in [5.41, 5.74) is 0.0829. The van der Waals surface area contributed by atoms with Crippen molar-refractivity contribution in [3.05, 3.63) is 30.6 Å². The standard InChI is InChI=1S/C15H18N6O3S/c1-11(2)20-9-14(19-10-20)25(22,23)21-6-3-12(8-21)24-15-13(7-16)17-4-5-18-15/h4-5,9-12H,3,6,8H2,1-2H3/t12-/m0/s1. The molecule has 10 heteroatoms. The summed E-state index contributed by atoms with van der Waals surface area (Å²) in [6, 6.07) is 2.04. The Labute approximate surface area is 146 Å². The van der Waals surface area contributed by atoms with Crippen LogP contribution in [0.25, 0.3) is 0 Å². The second kappa shape index (κ2) is 6.78. The zero-order chi connectivity index (χ0) is 18.0. The average molecular weight is 362 g/mol. The molecule has 132 valence electrons. The topological polar surface area (TPSA) is 114 Å². The van der Waals surface area contributed by atoms with Crippen LogP contribution in [0, 0.1) is 11.3 Å². The van der Waals surface area contributed by atoms with Gasteiger partial charge >= 0.3 is 0 Å². The van der Waals surface area contributed by atoms with E-state index in [2.05, 4.69) is 15.0 Å². The van der Waals surface area contributed by atoms with E-state index < -0.39 is 10.0 Å². The van der Waals surface area contributed by atoms with Gasteiger partial charge in [-0.15, -0.1) is 0 Å². The van der Waals surface area contributed by atoms with Crippen LogP contribution in [0.4, 0.5) is 0 Å². The van der Waals surface area contributed by atoms with E-state index in [-0.39, 0.29) is 35.3 Å². The minimum absolute atomic E-state index is 0.0269. The Morgan fingerprint density at radius 2 is 2.08 bits per heavy atom. The fourth-order valence-electron chi connectivity index (χ4n) is 2.52. The lowest BCUT2D eigenvalue weighted by Crippen LogP contribution is -2.31. The molecule has 2 aromatic rings. The number of nitriles is 1. The van der Waals surface area contributed by atoms with E-state index in [1.807, 2.05) is 19.9 Å². The van der Waals surface area contributed by atoms with E-state index >= 15 is 0 Å². The fourth-order valence-corrected chi connectivity index (χ4v) is 3.93. The van der Waals surface area contributed by atoms with E-state index in [0.717, 1.165) is 0 Å². The number of hydrogen-bond acceptors (Lipinski definition) is 7. The SMILES string of the molecule is CC(C)n1cnc(S(=O)(=O)N2CC[C@H](Oc3nccnc3C#N)C2)c1. The molecule has 0 aromatic carbocycles. The van der Waals surface area contributed by atoms with Gasteiger partial charge in [-0.05, 0) is 20.3 Å². The van der Waals surface area contributed by atoms with Crippen LogP contribution in [-0.4, -0.2) is 51.4 Å². The van der Waals surface area contributed by atoms with Gasteiger partial charge in [-0.2, -0.15) is 9.57 Å². The molecule has 3 rings (SSSR count). The zero-order valence-corrected chi connectivity index (χ0v) is 14.7. The third-order valence-electron chi connectivity index (χ3n) is 3.93. The average Bonchev–Trinajstić information content (AvgIpc) is 3.25. The van der Waals surface area contributed by atoms with Gasteiger partial charge in [-0.1, -0.05) is 0 Å². The van der Waals surface area contributed by atoms with Gasteiger partial charge in [-0.3, -0.25) is 0 Å². The maximum atomic E-state index is 12.7. The molecule has 0 spiro atoms. The van der Waals surface area contributed by atoms with Crippen molar-refractivity contribution in [1.82, 2.24) is 23.8 Å². The lowest BCUT2D eigenvalue weighted by Gasteiger charge is -2.15. The molecule has 1 saturated heterocycles. The number of aromatic nitrogens is 4. The van der Waals surface area contributed by atoms with Crippen molar-refractivity contribution in [3.8, 4) is 11.9 Å². The number of rotatable bonds is 5. The van der Waals surface area contributed by atoms with Gasteiger partial charge in [0.05, 0.1) is 12.9 Å². The van der Waals surface area contributed by atoms with Crippen molar-refractivity contribution in [1.29, 1.82) is 5.26 Å². The van der Waals surface area contributed by atoms with E-state index in [4.69, 9.17) is 10.00 Å². The summed E-state index contributed by atoms with van der Waals surface area (Å²) in [5, 5.41) is 9.05. The Bertz CT molecular complexity index is 902. The number of ether oxygens (including phenoxy) is 1. The Morgan fingerprint density at radius 1 is 1.32 bits per heavy atom. The molecule has 1 fully saturated rings. The van der Waals surface area contributed by atoms with Crippen molar-refractivity contribution in [2.24, 2.45) is 0 Å². The molecule has 3 heterocycles. The maximum absolute atomic E-state index is 12.7. The predicted molar refractivity (Wildman–Crippen MR) is 87.2 cm³/mol. The van der Waals surface area contributed by atoms with Crippen LogP contribution in [0.15, 0.2) is 29.9 Å². The Morgan fingerprint density at radius 3 is 2.76 bits per heavy atom. The Balaban J connectivity index is 1.72. The minimum Gasteiger partial charge on any atom is -0.471 e. The molecule has 9 nitrogen and oxygen atoms in total.